The zero-order valence-corrected chi connectivity index (χ0v) is 50.4. The monoisotopic (exact) mass is 1230 g/mol. The van der Waals surface area contributed by atoms with E-state index in [-0.39, 0.29) is 53.9 Å². The van der Waals surface area contributed by atoms with Crippen LogP contribution >= 0.6 is 0 Å². The van der Waals surface area contributed by atoms with Crippen LogP contribution in [0.25, 0.3) is 12.2 Å². The molecule has 0 bridgehead atoms. The first-order chi connectivity index (χ1) is 42.1. The zero-order chi connectivity index (χ0) is 66.0. The first-order valence-corrected chi connectivity index (χ1v) is 28.3. The van der Waals surface area contributed by atoms with Gasteiger partial charge < -0.3 is 49.6 Å². The minimum Gasteiger partial charge on any atom is -0.485 e. The topological polar surface area (TPSA) is 358 Å². The predicted octanol–water partition coefficient (Wildman–Crippen LogP) is 10.2. The van der Waals surface area contributed by atoms with E-state index in [9.17, 15) is 38.9 Å². The number of allylic oxidation sites excluding steroid dienone is 2. The highest BCUT2D eigenvalue weighted by molar-refractivity contribution is 5.94. The molecule has 2 fully saturated rings. The predicted molar refractivity (Wildman–Crippen MR) is 325 cm³/mol. The zero-order valence-electron chi connectivity index (χ0n) is 50.4. The summed E-state index contributed by atoms with van der Waals surface area (Å²) in [5, 5.41) is 33.5. The number of nitro groups is 1. The Labute approximate surface area is 513 Å². The molecule has 2 aliphatic carbocycles. The quantitative estimate of drug-likeness (QED) is 0.0369. The maximum absolute atomic E-state index is 12.0. The van der Waals surface area contributed by atoms with E-state index < -0.39 is 46.3 Å². The molecule has 23 heteroatoms. The molecule has 0 radical (unpaired) electrons. The number of carboxylic acids is 2. The summed E-state index contributed by atoms with van der Waals surface area (Å²) in [7, 11) is 0. The van der Waals surface area contributed by atoms with Gasteiger partial charge in [-0.2, -0.15) is 19.2 Å². The van der Waals surface area contributed by atoms with Crippen LogP contribution in [0.15, 0.2) is 151 Å². The molecule has 0 unspecified atom stereocenters. The lowest BCUT2D eigenvalue weighted by molar-refractivity contribution is -0.384. The minimum absolute atomic E-state index is 0.0219. The Morgan fingerprint density at radius 2 is 1.20 bits per heavy atom. The van der Waals surface area contributed by atoms with Gasteiger partial charge in [0, 0.05) is 30.0 Å². The average molecular weight is 1230 g/mol. The van der Waals surface area contributed by atoms with Gasteiger partial charge in [0.2, 0.25) is 5.91 Å². The molecule has 9 rings (SSSR count). The average Bonchev–Trinajstić information content (AvgIpc) is 3.51. The third-order valence-electron chi connectivity index (χ3n) is 14.2. The van der Waals surface area contributed by atoms with Crippen molar-refractivity contribution in [3.8, 4) is 11.5 Å². The summed E-state index contributed by atoms with van der Waals surface area (Å²) in [5.41, 5.74) is 12.6. The number of carbonyl (C=O) groups is 4. The number of hydrogen-bond donors (Lipinski definition) is 5. The molecule has 472 valence electrons. The number of carbonyl (C=O) groups excluding carboxylic acids is 6. The molecular weight excluding hydrogens is 1150 g/mol. The SMILES string of the molecule is C=C(C)[C@H]1CCC2=Cc3c(cc(C)oc3=O)O[C@H]2C1.C=C(C)[C@H]1CCC2=Cc3c(cc(CC(=O)O)oc3=O)O[C@H]2C1.CC(C)(C)OC(=O)N[C@@H](CCc1ccccc1)C(=O)O.N[C@@H](CCc1ccccc1)C(=O)Nc1ccc([N+](=O)[O-])cc1.O=C=O.O=C=O. The largest absolute Gasteiger partial charge is 0.485 e. The number of alkyl carbamates (subject to hydrolysis) is 1. The molecule has 2 amide bonds. The van der Waals surface area contributed by atoms with E-state index in [1.54, 1.807) is 33.8 Å². The Balaban J connectivity index is 0.000000246. The van der Waals surface area contributed by atoms with Crippen LogP contribution in [0.1, 0.15) is 120 Å². The second-order valence-electron chi connectivity index (χ2n) is 22.2. The van der Waals surface area contributed by atoms with E-state index in [1.165, 1.54) is 41.5 Å². The number of anilines is 1. The fourth-order valence-electron chi connectivity index (χ4n) is 9.68. The minimum atomic E-state index is -1.06. The molecule has 0 spiro atoms. The van der Waals surface area contributed by atoms with Crippen molar-refractivity contribution in [3.05, 3.63) is 197 Å². The first-order valence-electron chi connectivity index (χ1n) is 28.3. The third-order valence-corrected chi connectivity index (χ3v) is 14.2. The number of fused-ring (bicyclic) bond motifs is 4. The lowest BCUT2D eigenvalue weighted by Gasteiger charge is -2.35. The molecule has 5 aromatic rings. The van der Waals surface area contributed by atoms with Crippen LogP contribution < -0.4 is 37.1 Å². The number of nitrogens with one attached hydrogen (secondary N) is 2. The summed E-state index contributed by atoms with van der Waals surface area (Å²) in [6.45, 7) is 19.1. The summed E-state index contributed by atoms with van der Waals surface area (Å²) in [6.07, 6.45) is 11.2. The number of nitrogens with zero attached hydrogens (tertiary/aromatic N) is 1. The van der Waals surface area contributed by atoms with E-state index in [4.69, 9.17) is 58.2 Å². The smallest absolute Gasteiger partial charge is 0.408 e. The lowest BCUT2D eigenvalue weighted by Crippen LogP contribution is -2.43. The second kappa shape index (κ2) is 34.9. The summed E-state index contributed by atoms with van der Waals surface area (Å²) < 4.78 is 27.2. The number of aryl methyl sites for hydroxylation is 3. The number of rotatable bonds is 15. The van der Waals surface area contributed by atoms with Gasteiger partial charge in [-0.25, -0.2) is 19.2 Å². The van der Waals surface area contributed by atoms with E-state index in [0.29, 0.717) is 65.2 Å². The Morgan fingerprint density at radius 3 is 1.64 bits per heavy atom. The van der Waals surface area contributed by atoms with Crippen LogP contribution in [0.5, 0.6) is 11.5 Å². The Hall–Kier alpha value is -10.1. The van der Waals surface area contributed by atoms with Crippen molar-refractivity contribution in [1.29, 1.82) is 0 Å². The van der Waals surface area contributed by atoms with E-state index in [0.717, 1.165) is 67.2 Å². The number of non-ortho nitro benzene ring substituents is 1. The van der Waals surface area contributed by atoms with Crippen molar-refractivity contribution in [3.63, 3.8) is 0 Å². The summed E-state index contributed by atoms with van der Waals surface area (Å²) in [4.78, 5) is 112. The highest BCUT2D eigenvalue weighted by Crippen LogP contribution is 2.41. The maximum Gasteiger partial charge on any atom is 0.408 e. The molecule has 0 saturated heterocycles. The summed E-state index contributed by atoms with van der Waals surface area (Å²) in [6, 6.07) is 26.7. The molecule has 23 nitrogen and oxygen atoms in total. The van der Waals surface area contributed by atoms with Crippen LogP contribution in [-0.2, 0) is 57.6 Å². The van der Waals surface area contributed by atoms with Crippen molar-refractivity contribution in [1.82, 2.24) is 5.32 Å². The van der Waals surface area contributed by atoms with Gasteiger partial charge in [-0.1, -0.05) is 85.0 Å². The van der Waals surface area contributed by atoms with Crippen molar-refractivity contribution in [2.24, 2.45) is 17.6 Å². The summed E-state index contributed by atoms with van der Waals surface area (Å²) >= 11 is 0. The fourth-order valence-corrected chi connectivity index (χ4v) is 9.68. The van der Waals surface area contributed by atoms with Gasteiger partial charge in [0.05, 0.1) is 11.0 Å². The molecule has 2 saturated carbocycles. The molecule has 3 aromatic carbocycles. The van der Waals surface area contributed by atoms with Gasteiger partial charge in [0.1, 0.15) is 64.4 Å². The van der Waals surface area contributed by atoms with Gasteiger partial charge in [0.15, 0.2) is 0 Å². The Morgan fingerprint density at radius 1 is 0.742 bits per heavy atom. The highest BCUT2D eigenvalue weighted by Gasteiger charge is 2.34. The Bertz CT molecular complexity index is 3520. The van der Waals surface area contributed by atoms with Crippen LogP contribution in [0.2, 0.25) is 0 Å². The molecule has 6 atom stereocenters. The van der Waals surface area contributed by atoms with Gasteiger partial charge in [-0.3, -0.25) is 19.7 Å². The van der Waals surface area contributed by atoms with Crippen molar-refractivity contribution < 1.29 is 76.5 Å². The highest BCUT2D eigenvalue weighted by atomic mass is 16.6. The number of ether oxygens (including phenoxy) is 3. The van der Waals surface area contributed by atoms with Gasteiger partial charge in [0.25, 0.3) is 5.69 Å². The molecule has 2 aromatic heterocycles. The van der Waals surface area contributed by atoms with E-state index in [2.05, 4.69) is 30.7 Å². The van der Waals surface area contributed by atoms with Gasteiger partial charge >= 0.3 is 41.6 Å². The molecule has 6 N–H and O–H groups in total. The molecule has 89 heavy (non-hydrogen) atoms. The van der Waals surface area contributed by atoms with Gasteiger partial charge in [-0.15, -0.1) is 0 Å². The van der Waals surface area contributed by atoms with E-state index >= 15 is 0 Å². The number of nitrogens with two attached hydrogens (primary N) is 1. The fraction of sp³-hybridized carbons (Fsp3) is 0.364. The normalized spacial score (nSPS) is 16.8. The van der Waals surface area contributed by atoms with Crippen molar-refractivity contribution in [2.45, 2.75) is 142 Å². The van der Waals surface area contributed by atoms with Crippen molar-refractivity contribution >= 4 is 59.8 Å². The van der Waals surface area contributed by atoms with Crippen molar-refractivity contribution in [2.75, 3.05) is 5.32 Å². The molecule has 4 heterocycles. The van der Waals surface area contributed by atoms with Crippen LogP contribution in [-0.4, -0.2) is 81.3 Å². The molecule has 4 aliphatic rings. The second-order valence-corrected chi connectivity index (χ2v) is 22.2. The number of nitro benzene ring substituents is 1. The number of aliphatic carboxylic acids is 2. The first kappa shape index (κ1) is 71.4. The van der Waals surface area contributed by atoms with Gasteiger partial charge in [-0.05, 0) is 164 Å². The van der Waals surface area contributed by atoms with Crippen LogP contribution in [0.4, 0.5) is 16.2 Å². The van der Waals surface area contributed by atoms with E-state index in [1.807, 2.05) is 79.7 Å². The standard InChI is InChI=1S/C17H18O5.C16H17N3O3.C16H18O3.C15H21NO4.2CO2/c1-9(2)10-3-4-11-5-13-15(22-14(11)6-10)7-12(8-16(18)19)21-17(13)20;17-15(11-6-12-4-2-1-3-5-12)16(20)18-13-7-9-14(10-8-13)19(21)22;1-9(2)11-4-5-12-7-13-15(19-14(12)8-11)6-10(3)18-16(13)17;1-15(2,3)20-14(19)16-12(13(17)18)10-9-11-7-5-4-6-8-11;2*2-1-3/h5,7,10,14H,1,3-4,6,8H2,2H3,(H,18,19);1-5,7-10,15H,6,11,17H2,(H,18,20);6-7,11,14H,1,4-5,8H2,2-3H3;4-8,12H,9-10H2,1-3H3,(H,16,19)(H,17,18);;/t10-,14-;15-;11-,14-;12-;;/m0000../s1. The molecule has 2 aliphatic heterocycles. The number of benzene rings is 3. The lowest BCUT2D eigenvalue weighted by atomic mass is 9.79. The van der Waals surface area contributed by atoms with Crippen LogP contribution in [0.3, 0.4) is 0 Å². The number of carboxylic acid groups (broad SMARTS) is 2. The maximum atomic E-state index is 12.0. The molecular formula is C66H74N4O19. The summed E-state index contributed by atoms with van der Waals surface area (Å²) in [5.74, 6) is 0.306. The van der Waals surface area contributed by atoms with Crippen LogP contribution in [0, 0.1) is 28.9 Å². The Kier molecular flexibility index (Phi) is 28.0. The number of hydrogen-bond acceptors (Lipinski definition) is 18. The third kappa shape index (κ3) is 24.0. The number of amides is 2.